The molecule has 0 radical (unpaired) electrons. The van der Waals surface area contributed by atoms with Gasteiger partial charge in [0.25, 0.3) is 0 Å². The minimum absolute atomic E-state index is 0.00352. The van der Waals surface area contributed by atoms with E-state index >= 15 is 0 Å². The van der Waals surface area contributed by atoms with Crippen molar-refractivity contribution < 1.29 is 9.90 Å². The second-order valence-electron chi connectivity index (χ2n) is 4.24. The van der Waals surface area contributed by atoms with Crippen LogP contribution in [0.5, 0.6) is 0 Å². The summed E-state index contributed by atoms with van der Waals surface area (Å²) in [7, 11) is 0. The first-order valence-electron chi connectivity index (χ1n) is 5.26. The minimum Gasteiger partial charge on any atom is -0.391 e. The molecule has 2 unspecified atom stereocenters. The number of carbonyl (C=O) groups is 1. The van der Waals surface area contributed by atoms with Crippen LogP contribution in [0.3, 0.4) is 0 Å². The highest BCUT2D eigenvalue weighted by Crippen LogP contribution is 2.24. The summed E-state index contributed by atoms with van der Waals surface area (Å²) in [5, 5.41) is 12.0. The Labute approximate surface area is 84.9 Å². The first-order valence-corrected chi connectivity index (χ1v) is 5.26. The summed E-state index contributed by atoms with van der Waals surface area (Å²) in [6.45, 7) is 3.46. The molecule has 0 bridgehead atoms. The Balaban J connectivity index is 2.41. The molecule has 0 spiro atoms. The van der Waals surface area contributed by atoms with Gasteiger partial charge in [0, 0.05) is 6.04 Å². The minimum atomic E-state index is -0.517. The molecule has 0 aliphatic heterocycles. The van der Waals surface area contributed by atoms with Crippen LogP contribution in [0, 0.1) is 5.92 Å². The molecule has 82 valence electrons. The van der Waals surface area contributed by atoms with Crippen molar-refractivity contribution in [3.8, 4) is 0 Å². The third-order valence-corrected chi connectivity index (χ3v) is 3.00. The van der Waals surface area contributed by atoms with Crippen LogP contribution in [-0.2, 0) is 4.79 Å². The van der Waals surface area contributed by atoms with Gasteiger partial charge in [-0.25, -0.2) is 0 Å². The fourth-order valence-electron chi connectivity index (χ4n) is 1.77. The first-order chi connectivity index (χ1) is 6.52. The van der Waals surface area contributed by atoms with Crippen molar-refractivity contribution in [2.75, 3.05) is 0 Å². The number of aliphatic hydroxyl groups excluding tert-OH is 1. The Morgan fingerprint density at radius 2 is 2.14 bits per heavy atom. The molecular weight excluding hydrogens is 180 g/mol. The van der Waals surface area contributed by atoms with Crippen LogP contribution in [-0.4, -0.2) is 29.2 Å². The molecule has 0 aromatic carbocycles. The lowest BCUT2D eigenvalue weighted by molar-refractivity contribution is -0.126. The van der Waals surface area contributed by atoms with Crippen molar-refractivity contribution in [2.24, 2.45) is 11.7 Å². The van der Waals surface area contributed by atoms with E-state index in [9.17, 15) is 9.90 Å². The third-order valence-electron chi connectivity index (χ3n) is 3.00. The topological polar surface area (TPSA) is 75.3 Å². The largest absolute Gasteiger partial charge is 0.391 e. The molecule has 0 aromatic rings. The maximum absolute atomic E-state index is 11.7. The van der Waals surface area contributed by atoms with Crippen LogP contribution in [0.2, 0.25) is 0 Å². The van der Waals surface area contributed by atoms with Crippen LogP contribution in [0.15, 0.2) is 0 Å². The molecule has 1 aliphatic carbocycles. The molecule has 1 saturated carbocycles. The molecule has 4 N–H and O–H groups in total. The third kappa shape index (κ3) is 2.69. The summed E-state index contributed by atoms with van der Waals surface area (Å²) in [6, 6.07) is -0.202. The van der Waals surface area contributed by atoms with E-state index in [1.54, 1.807) is 13.8 Å². The van der Waals surface area contributed by atoms with Crippen molar-refractivity contribution in [2.45, 2.75) is 51.3 Å². The maximum Gasteiger partial charge on any atom is 0.224 e. The van der Waals surface area contributed by atoms with Crippen LogP contribution in [0.1, 0.15) is 33.1 Å². The van der Waals surface area contributed by atoms with Crippen LogP contribution >= 0.6 is 0 Å². The molecule has 4 heteroatoms. The van der Waals surface area contributed by atoms with E-state index in [2.05, 4.69) is 5.32 Å². The van der Waals surface area contributed by atoms with Crippen LogP contribution in [0.4, 0.5) is 0 Å². The van der Waals surface area contributed by atoms with Crippen molar-refractivity contribution in [1.82, 2.24) is 5.32 Å². The van der Waals surface area contributed by atoms with Crippen molar-refractivity contribution in [3.05, 3.63) is 0 Å². The van der Waals surface area contributed by atoms with Gasteiger partial charge in [0.1, 0.15) is 0 Å². The standard InChI is InChI=1S/C10H20N2O2/c1-6(7(2)13)12-10(14)8-4-3-5-9(8)11/h6-9,13H,3-5,11H2,1-2H3,(H,12,14)/t6?,7?,8-,9+/m1/s1. The van der Waals surface area contributed by atoms with E-state index in [4.69, 9.17) is 5.73 Å². The Morgan fingerprint density at radius 1 is 1.50 bits per heavy atom. The molecule has 14 heavy (non-hydrogen) atoms. The van der Waals surface area contributed by atoms with Gasteiger partial charge in [0.2, 0.25) is 5.91 Å². The fraction of sp³-hybridized carbons (Fsp3) is 0.900. The highest BCUT2D eigenvalue weighted by Gasteiger charge is 2.31. The van der Waals surface area contributed by atoms with Gasteiger partial charge in [0.15, 0.2) is 0 Å². The van der Waals surface area contributed by atoms with E-state index in [0.717, 1.165) is 19.3 Å². The van der Waals surface area contributed by atoms with Gasteiger partial charge in [0.05, 0.1) is 18.1 Å². The summed E-state index contributed by atoms with van der Waals surface area (Å²) in [5.41, 5.74) is 5.81. The van der Waals surface area contributed by atoms with Crippen LogP contribution < -0.4 is 11.1 Å². The normalized spacial score (nSPS) is 31.1. The number of rotatable bonds is 3. The van der Waals surface area contributed by atoms with Gasteiger partial charge in [-0.2, -0.15) is 0 Å². The number of nitrogens with two attached hydrogens (primary N) is 1. The molecule has 1 rings (SSSR count). The number of hydrogen-bond acceptors (Lipinski definition) is 3. The highest BCUT2D eigenvalue weighted by atomic mass is 16.3. The van der Waals surface area contributed by atoms with Crippen molar-refractivity contribution >= 4 is 5.91 Å². The number of nitrogens with one attached hydrogen (secondary N) is 1. The van der Waals surface area contributed by atoms with E-state index in [1.165, 1.54) is 0 Å². The molecule has 4 nitrogen and oxygen atoms in total. The van der Waals surface area contributed by atoms with Gasteiger partial charge >= 0.3 is 0 Å². The molecule has 0 saturated heterocycles. The Bertz CT molecular complexity index is 206. The predicted octanol–water partition coefficient (Wildman–Crippen LogP) is -0.000700. The Hall–Kier alpha value is -0.610. The molecular formula is C10H20N2O2. The molecule has 0 heterocycles. The molecule has 1 fully saturated rings. The van der Waals surface area contributed by atoms with E-state index in [0.29, 0.717) is 0 Å². The Kier molecular flexibility index (Phi) is 3.89. The second kappa shape index (κ2) is 4.75. The summed E-state index contributed by atoms with van der Waals surface area (Å²) < 4.78 is 0. The van der Waals surface area contributed by atoms with E-state index < -0.39 is 6.10 Å². The number of amides is 1. The highest BCUT2D eigenvalue weighted by molar-refractivity contribution is 5.80. The maximum atomic E-state index is 11.7. The average Bonchev–Trinajstić information content (AvgIpc) is 2.51. The summed E-state index contributed by atoms with van der Waals surface area (Å²) in [4.78, 5) is 11.7. The average molecular weight is 200 g/mol. The fourth-order valence-corrected chi connectivity index (χ4v) is 1.77. The smallest absolute Gasteiger partial charge is 0.224 e. The van der Waals surface area contributed by atoms with Gasteiger partial charge < -0.3 is 16.2 Å². The molecule has 1 aliphatic rings. The lowest BCUT2D eigenvalue weighted by atomic mass is 10.0. The predicted molar refractivity (Wildman–Crippen MR) is 54.6 cm³/mol. The van der Waals surface area contributed by atoms with E-state index in [-0.39, 0.29) is 23.9 Å². The monoisotopic (exact) mass is 200 g/mol. The summed E-state index contributed by atoms with van der Waals surface area (Å²) in [6.07, 6.45) is 2.32. The lowest BCUT2D eigenvalue weighted by Crippen LogP contribution is -2.45. The van der Waals surface area contributed by atoms with Crippen LogP contribution in [0.25, 0.3) is 0 Å². The van der Waals surface area contributed by atoms with Crippen molar-refractivity contribution in [3.63, 3.8) is 0 Å². The van der Waals surface area contributed by atoms with E-state index in [1.807, 2.05) is 0 Å². The zero-order chi connectivity index (χ0) is 10.7. The molecule has 4 atom stereocenters. The molecule has 1 amide bonds. The quantitative estimate of drug-likeness (QED) is 0.600. The van der Waals surface area contributed by atoms with Crippen molar-refractivity contribution in [1.29, 1.82) is 0 Å². The zero-order valence-electron chi connectivity index (χ0n) is 8.86. The van der Waals surface area contributed by atoms with Gasteiger partial charge in [-0.05, 0) is 26.7 Å². The number of hydrogen-bond donors (Lipinski definition) is 3. The second-order valence-corrected chi connectivity index (χ2v) is 4.24. The number of carbonyl (C=O) groups excluding carboxylic acids is 1. The number of aliphatic hydroxyl groups is 1. The lowest BCUT2D eigenvalue weighted by Gasteiger charge is -2.21. The van der Waals surface area contributed by atoms with Gasteiger partial charge in [-0.3, -0.25) is 4.79 Å². The SMILES string of the molecule is CC(O)C(C)NC(=O)[C@@H]1CCC[C@@H]1N. The first kappa shape index (κ1) is 11.5. The Morgan fingerprint density at radius 3 is 2.57 bits per heavy atom. The summed E-state index contributed by atoms with van der Waals surface area (Å²) in [5.74, 6) is -0.0698. The van der Waals surface area contributed by atoms with Gasteiger partial charge in [-0.1, -0.05) is 6.42 Å². The van der Waals surface area contributed by atoms with Gasteiger partial charge in [-0.15, -0.1) is 0 Å². The molecule has 0 aromatic heterocycles. The zero-order valence-corrected chi connectivity index (χ0v) is 8.86. The summed E-state index contributed by atoms with van der Waals surface area (Å²) >= 11 is 0.